The third-order valence-electron chi connectivity index (χ3n) is 4.14. The predicted octanol–water partition coefficient (Wildman–Crippen LogP) is 0.461. The summed E-state index contributed by atoms with van der Waals surface area (Å²) >= 11 is 0. The first kappa shape index (κ1) is 15.2. The molecule has 1 saturated heterocycles. The Labute approximate surface area is 133 Å². The number of nitrogens with zero attached hydrogens (tertiary/aromatic N) is 2. The van der Waals surface area contributed by atoms with Crippen molar-refractivity contribution < 1.29 is 9.59 Å². The number of aromatic nitrogens is 2. The third kappa shape index (κ3) is 3.24. The molecule has 0 saturated carbocycles. The van der Waals surface area contributed by atoms with E-state index in [0.29, 0.717) is 17.8 Å². The molecule has 2 atom stereocenters. The molecule has 2 heterocycles. The van der Waals surface area contributed by atoms with Crippen LogP contribution in [0.25, 0.3) is 0 Å². The van der Waals surface area contributed by atoms with Crippen molar-refractivity contribution >= 4 is 17.5 Å². The maximum Gasteiger partial charge on any atom is 0.248 e. The first-order valence-electron chi connectivity index (χ1n) is 7.44. The highest BCUT2D eigenvalue weighted by Crippen LogP contribution is 2.28. The van der Waals surface area contributed by atoms with Gasteiger partial charge in [0.2, 0.25) is 11.8 Å². The van der Waals surface area contributed by atoms with Crippen molar-refractivity contribution in [2.45, 2.75) is 5.92 Å². The van der Waals surface area contributed by atoms with Crippen molar-refractivity contribution in [2.75, 3.05) is 18.4 Å². The number of aryl methyl sites for hydroxylation is 1. The summed E-state index contributed by atoms with van der Waals surface area (Å²) in [6.07, 6.45) is 3.75. The monoisotopic (exact) mass is 313 g/mol. The molecule has 3 rings (SSSR count). The minimum Gasteiger partial charge on any atom is -0.366 e. The molecule has 0 radical (unpaired) electrons. The molecule has 4 N–H and O–H groups in total. The van der Waals surface area contributed by atoms with Gasteiger partial charge in [0.05, 0.1) is 12.1 Å². The molecule has 0 unspecified atom stereocenters. The standard InChI is InChI=1S/C16H19N5O2/c1-21-9-11(6-19-21)13-7-18-8-14(13)16(23)20-12-4-2-10(3-5-12)15(17)22/h2-6,9,13-14,18H,7-8H2,1H3,(H2,17,22)(H,20,23)/t13-,14+/m1/s1. The van der Waals surface area contributed by atoms with E-state index in [9.17, 15) is 9.59 Å². The average molecular weight is 313 g/mol. The zero-order chi connectivity index (χ0) is 16.4. The van der Waals surface area contributed by atoms with Gasteiger partial charge in [-0.25, -0.2) is 0 Å². The van der Waals surface area contributed by atoms with Crippen molar-refractivity contribution in [3.05, 3.63) is 47.8 Å². The molecule has 120 valence electrons. The molecule has 1 aromatic heterocycles. The zero-order valence-corrected chi connectivity index (χ0v) is 12.8. The number of hydrogen-bond donors (Lipinski definition) is 3. The van der Waals surface area contributed by atoms with Crippen molar-refractivity contribution in [3.63, 3.8) is 0 Å². The van der Waals surface area contributed by atoms with Crippen LogP contribution in [-0.2, 0) is 11.8 Å². The summed E-state index contributed by atoms with van der Waals surface area (Å²) < 4.78 is 1.74. The first-order chi connectivity index (χ1) is 11.0. The van der Waals surface area contributed by atoms with Crippen molar-refractivity contribution in [2.24, 2.45) is 18.7 Å². The van der Waals surface area contributed by atoms with Gasteiger partial charge in [-0.2, -0.15) is 5.10 Å². The fourth-order valence-corrected chi connectivity index (χ4v) is 2.89. The number of hydrogen-bond acceptors (Lipinski definition) is 4. The molecule has 0 aliphatic carbocycles. The molecule has 0 bridgehead atoms. The predicted molar refractivity (Wildman–Crippen MR) is 85.9 cm³/mol. The number of nitrogens with one attached hydrogen (secondary N) is 2. The molecule has 1 aliphatic heterocycles. The largest absolute Gasteiger partial charge is 0.366 e. The smallest absolute Gasteiger partial charge is 0.248 e. The second-order valence-corrected chi connectivity index (χ2v) is 5.75. The molecular weight excluding hydrogens is 294 g/mol. The Morgan fingerprint density at radius 1 is 1.30 bits per heavy atom. The van der Waals surface area contributed by atoms with Gasteiger partial charge in [-0.3, -0.25) is 14.3 Å². The summed E-state index contributed by atoms with van der Waals surface area (Å²) in [4.78, 5) is 23.6. The molecular formula is C16H19N5O2. The molecule has 1 aromatic carbocycles. The fraction of sp³-hybridized carbons (Fsp3) is 0.312. The summed E-state index contributed by atoms with van der Waals surface area (Å²) in [6, 6.07) is 6.56. The molecule has 7 nitrogen and oxygen atoms in total. The van der Waals surface area contributed by atoms with Crippen LogP contribution in [0.3, 0.4) is 0 Å². The van der Waals surface area contributed by atoms with Gasteiger partial charge in [0.15, 0.2) is 0 Å². The van der Waals surface area contributed by atoms with E-state index in [1.807, 2.05) is 13.2 Å². The summed E-state index contributed by atoms with van der Waals surface area (Å²) in [5, 5.41) is 10.3. The maximum atomic E-state index is 12.6. The number of rotatable bonds is 4. The normalized spacial score (nSPS) is 20.4. The highest BCUT2D eigenvalue weighted by atomic mass is 16.2. The van der Waals surface area contributed by atoms with E-state index in [1.54, 1.807) is 35.1 Å². The third-order valence-corrected chi connectivity index (χ3v) is 4.14. The Balaban J connectivity index is 1.70. The summed E-state index contributed by atoms with van der Waals surface area (Å²) in [5.41, 5.74) is 7.33. The number of nitrogens with two attached hydrogens (primary N) is 1. The van der Waals surface area contributed by atoms with E-state index < -0.39 is 5.91 Å². The minimum absolute atomic E-state index is 0.0457. The van der Waals surface area contributed by atoms with Crippen molar-refractivity contribution in [1.82, 2.24) is 15.1 Å². The van der Waals surface area contributed by atoms with Crippen LogP contribution in [0.1, 0.15) is 21.8 Å². The van der Waals surface area contributed by atoms with Crippen LogP contribution in [-0.4, -0.2) is 34.7 Å². The van der Waals surface area contributed by atoms with Gasteiger partial charge in [0.1, 0.15) is 0 Å². The average Bonchev–Trinajstić information content (AvgIpc) is 3.16. The summed E-state index contributed by atoms with van der Waals surface area (Å²) in [5.74, 6) is -0.584. The van der Waals surface area contributed by atoms with Crippen LogP contribution in [0.4, 0.5) is 5.69 Å². The molecule has 23 heavy (non-hydrogen) atoms. The van der Waals surface area contributed by atoms with Crippen molar-refractivity contribution in [3.8, 4) is 0 Å². The number of carbonyl (C=O) groups is 2. The van der Waals surface area contributed by atoms with E-state index in [1.165, 1.54) is 0 Å². The number of carbonyl (C=O) groups excluding carboxylic acids is 2. The summed E-state index contributed by atoms with van der Waals surface area (Å²) in [7, 11) is 1.86. The van der Waals surface area contributed by atoms with Crippen LogP contribution in [0.5, 0.6) is 0 Å². The molecule has 2 aromatic rings. The Kier molecular flexibility index (Phi) is 4.12. The quantitative estimate of drug-likeness (QED) is 0.763. The SMILES string of the molecule is Cn1cc([C@H]2CNC[C@@H]2C(=O)Nc2ccc(C(N)=O)cc2)cn1. The zero-order valence-electron chi connectivity index (χ0n) is 12.8. The number of primary amides is 1. The number of benzene rings is 1. The Morgan fingerprint density at radius 3 is 2.65 bits per heavy atom. The topological polar surface area (TPSA) is 102 Å². The molecule has 0 spiro atoms. The highest BCUT2D eigenvalue weighted by molar-refractivity contribution is 5.96. The van der Waals surface area contributed by atoms with Gasteiger partial charge in [0.25, 0.3) is 0 Å². The lowest BCUT2D eigenvalue weighted by atomic mass is 9.90. The molecule has 1 aliphatic rings. The van der Waals surface area contributed by atoms with Gasteiger partial charge in [-0.05, 0) is 29.8 Å². The summed E-state index contributed by atoms with van der Waals surface area (Å²) in [6.45, 7) is 1.38. The lowest BCUT2D eigenvalue weighted by molar-refractivity contribution is -0.119. The lowest BCUT2D eigenvalue weighted by Gasteiger charge is -2.17. The van der Waals surface area contributed by atoms with Crippen LogP contribution in [0.15, 0.2) is 36.7 Å². The van der Waals surface area contributed by atoms with E-state index >= 15 is 0 Å². The highest BCUT2D eigenvalue weighted by Gasteiger charge is 2.34. The molecule has 7 heteroatoms. The second-order valence-electron chi connectivity index (χ2n) is 5.75. The Hall–Kier alpha value is -2.67. The number of anilines is 1. The van der Waals surface area contributed by atoms with E-state index in [2.05, 4.69) is 15.7 Å². The Bertz CT molecular complexity index is 722. The van der Waals surface area contributed by atoms with Crippen LogP contribution in [0.2, 0.25) is 0 Å². The van der Waals surface area contributed by atoms with Crippen molar-refractivity contribution in [1.29, 1.82) is 0 Å². The van der Waals surface area contributed by atoms with Gasteiger partial charge in [0, 0.05) is 43.5 Å². The molecule has 2 amide bonds. The Morgan fingerprint density at radius 2 is 2.04 bits per heavy atom. The first-order valence-corrected chi connectivity index (χ1v) is 7.44. The van der Waals surface area contributed by atoms with E-state index in [0.717, 1.165) is 12.1 Å². The van der Waals surface area contributed by atoms with Crippen LogP contribution >= 0.6 is 0 Å². The maximum absolute atomic E-state index is 12.6. The van der Waals surface area contributed by atoms with Gasteiger partial charge >= 0.3 is 0 Å². The van der Waals surface area contributed by atoms with Gasteiger partial charge in [-0.15, -0.1) is 0 Å². The minimum atomic E-state index is -0.487. The second kappa shape index (κ2) is 6.21. The molecule has 1 fully saturated rings. The lowest BCUT2D eigenvalue weighted by Crippen LogP contribution is -2.28. The van der Waals surface area contributed by atoms with Gasteiger partial charge in [-0.1, -0.05) is 0 Å². The van der Waals surface area contributed by atoms with Crippen LogP contribution < -0.4 is 16.4 Å². The van der Waals surface area contributed by atoms with Crippen LogP contribution in [0, 0.1) is 5.92 Å². The fourth-order valence-electron chi connectivity index (χ4n) is 2.89. The van der Waals surface area contributed by atoms with E-state index in [4.69, 9.17) is 5.73 Å². The van der Waals surface area contributed by atoms with E-state index in [-0.39, 0.29) is 17.7 Å². The number of amides is 2. The van der Waals surface area contributed by atoms with Gasteiger partial charge < -0.3 is 16.4 Å².